The molecule has 176 valence electrons. The Labute approximate surface area is 196 Å². The van der Waals surface area contributed by atoms with Gasteiger partial charge in [0.1, 0.15) is 13.2 Å². The number of carboxylic acids is 1. The second kappa shape index (κ2) is 9.74. The van der Waals surface area contributed by atoms with E-state index in [0.29, 0.717) is 6.42 Å². The summed E-state index contributed by atoms with van der Waals surface area (Å²) in [7, 11) is 0. The number of rotatable bonds is 8. The highest BCUT2D eigenvalue weighted by molar-refractivity contribution is 5.93. The first-order valence-electron chi connectivity index (χ1n) is 11.0. The molecule has 1 unspecified atom stereocenters. The van der Waals surface area contributed by atoms with Crippen molar-refractivity contribution in [3.63, 3.8) is 0 Å². The van der Waals surface area contributed by atoms with Crippen molar-refractivity contribution < 1.29 is 24.2 Å². The molecule has 1 aliphatic carbocycles. The van der Waals surface area contributed by atoms with Gasteiger partial charge in [-0.05, 0) is 35.6 Å². The molecule has 0 bridgehead atoms. The van der Waals surface area contributed by atoms with E-state index in [0.717, 1.165) is 22.3 Å². The lowest BCUT2D eigenvalue weighted by molar-refractivity contribution is -0.138. The molecule has 1 heterocycles. The number of anilines is 1. The number of fused-ring (bicyclic) bond motifs is 3. The Bertz CT molecular complexity index is 1180. The number of nitrogens with one attached hydrogen (secondary N) is 2. The summed E-state index contributed by atoms with van der Waals surface area (Å²) in [5.41, 5.74) is 4.42. The van der Waals surface area contributed by atoms with Crippen molar-refractivity contribution in [1.82, 2.24) is 20.1 Å². The van der Waals surface area contributed by atoms with E-state index < -0.39 is 24.5 Å². The molecule has 0 spiro atoms. The van der Waals surface area contributed by atoms with Crippen LogP contribution in [0, 0.1) is 0 Å². The Hall–Kier alpha value is -4.21. The zero-order valence-corrected chi connectivity index (χ0v) is 18.8. The van der Waals surface area contributed by atoms with Gasteiger partial charge in [0.15, 0.2) is 0 Å². The smallest absolute Gasteiger partial charge is 0.414 e. The first kappa shape index (κ1) is 23.0. The lowest BCUT2D eigenvalue weighted by Crippen LogP contribution is -2.42. The SMILES string of the molecule is CCC(C)N(CC(=O)O)C(=O)c1nc(NC(=O)OCC2c3ccccc3-c3ccccc32)n[nH]1. The number of aromatic amines is 1. The van der Waals surface area contributed by atoms with Crippen molar-refractivity contribution in [2.24, 2.45) is 0 Å². The van der Waals surface area contributed by atoms with E-state index in [4.69, 9.17) is 9.84 Å². The molecule has 2 aromatic carbocycles. The number of carbonyl (C=O) groups excluding carboxylic acids is 2. The molecule has 0 radical (unpaired) electrons. The molecule has 10 heteroatoms. The number of amides is 2. The molecule has 0 fully saturated rings. The van der Waals surface area contributed by atoms with Crippen molar-refractivity contribution >= 4 is 23.9 Å². The Morgan fingerprint density at radius 3 is 2.32 bits per heavy atom. The monoisotopic (exact) mass is 463 g/mol. The number of hydrogen-bond donors (Lipinski definition) is 3. The van der Waals surface area contributed by atoms with Crippen LogP contribution in [-0.4, -0.2) is 62.4 Å². The van der Waals surface area contributed by atoms with E-state index in [-0.39, 0.29) is 30.3 Å². The maximum absolute atomic E-state index is 12.7. The molecular formula is C24H25N5O5. The second-order valence-corrected chi connectivity index (χ2v) is 8.04. The van der Waals surface area contributed by atoms with Gasteiger partial charge in [0.05, 0.1) is 0 Å². The first-order valence-corrected chi connectivity index (χ1v) is 11.0. The number of carbonyl (C=O) groups is 3. The van der Waals surface area contributed by atoms with Gasteiger partial charge in [0, 0.05) is 12.0 Å². The summed E-state index contributed by atoms with van der Waals surface area (Å²) in [5.74, 6) is -2.16. The summed E-state index contributed by atoms with van der Waals surface area (Å²) >= 11 is 0. The lowest BCUT2D eigenvalue weighted by atomic mass is 9.98. The van der Waals surface area contributed by atoms with Gasteiger partial charge in [-0.25, -0.2) is 4.79 Å². The van der Waals surface area contributed by atoms with Gasteiger partial charge in [-0.2, -0.15) is 4.98 Å². The van der Waals surface area contributed by atoms with Crippen LogP contribution in [0.4, 0.5) is 10.7 Å². The van der Waals surface area contributed by atoms with Crippen molar-refractivity contribution in [2.75, 3.05) is 18.5 Å². The number of benzene rings is 2. The van der Waals surface area contributed by atoms with Crippen LogP contribution in [0.5, 0.6) is 0 Å². The minimum atomic E-state index is -1.13. The van der Waals surface area contributed by atoms with E-state index >= 15 is 0 Å². The summed E-state index contributed by atoms with van der Waals surface area (Å²) in [6.45, 7) is 3.24. The second-order valence-electron chi connectivity index (χ2n) is 8.04. The number of nitrogens with zero attached hydrogens (tertiary/aromatic N) is 3. The lowest BCUT2D eigenvalue weighted by Gasteiger charge is -2.25. The van der Waals surface area contributed by atoms with Gasteiger partial charge in [0.2, 0.25) is 5.82 Å². The molecule has 4 rings (SSSR count). The van der Waals surface area contributed by atoms with Crippen molar-refractivity contribution in [3.05, 3.63) is 65.5 Å². The summed E-state index contributed by atoms with van der Waals surface area (Å²) in [5, 5.41) is 17.8. The van der Waals surface area contributed by atoms with Gasteiger partial charge in [0.25, 0.3) is 11.9 Å². The minimum absolute atomic E-state index is 0.0949. The molecule has 1 aromatic heterocycles. The molecule has 3 N–H and O–H groups in total. The van der Waals surface area contributed by atoms with E-state index in [1.54, 1.807) is 6.92 Å². The standard InChI is InChI=1S/C24H25N5O5/c1-3-14(2)29(12-20(30)31)22(32)21-25-23(28-27-21)26-24(33)34-13-19-17-10-6-4-8-15(17)16-9-5-7-11-18(16)19/h4-11,14,19H,3,12-13H2,1-2H3,(H,30,31)(H2,25,26,27,28,33). The fourth-order valence-electron chi connectivity index (χ4n) is 4.07. The summed E-state index contributed by atoms with van der Waals surface area (Å²) in [6, 6.07) is 15.7. The molecule has 3 aromatic rings. The van der Waals surface area contributed by atoms with E-state index in [1.165, 1.54) is 4.90 Å². The predicted molar refractivity (Wildman–Crippen MR) is 123 cm³/mol. The number of carboxylic acid groups (broad SMARTS) is 1. The predicted octanol–water partition coefficient (Wildman–Crippen LogP) is 3.49. The Morgan fingerprint density at radius 1 is 1.12 bits per heavy atom. The van der Waals surface area contributed by atoms with Gasteiger partial charge >= 0.3 is 12.1 Å². The van der Waals surface area contributed by atoms with Crippen LogP contribution in [0.1, 0.15) is 47.9 Å². The largest absolute Gasteiger partial charge is 0.480 e. The van der Waals surface area contributed by atoms with Crippen LogP contribution in [-0.2, 0) is 9.53 Å². The molecule has 0 aliphatic heterocycles. The fraction of sp³-hybridized carbons (Fsp3) is 0.292. The Kier molecular flexibility index (Phi) is 6.58. The number of hydrogen-bond acceptors (Lipinski definition) is 6. The highest BCUT2D eigenvalue weighted by atomic mass is 16.5. The third kappa shape index (κ3) is 4.61. The van der Waals surface area contributed by atoms with Gasteiger partial charge in [-0.15, -0.1) is 5.10 Å². The molecule has 0 saturated carbocycles. The van der Waals surface area contributed by atoms with Crippen LogP contribution in [0.25, 0.3) is 11.1 Å². The Balaban J connectivity index is 1.40. The summed E-state index contributed by atoms with van der Waals surface area (Å²) < 4.78 is 5.45. The fourth-order valence-corrected chi connectivity index (χ4v) is 4.07. The molecule has 0 saturated heterocycles. The average molecular weight is 463 g/mol. The number of aliphatic carboxylic acids is 1. The molecule has 1 atom stereocenters. The summed E-state index contributed by atoms with van der Waals surface area (Å²) in [4.78, 5) is 41.4. The van der Waals surface area contributed by atoms with E-state index in [2.05, 4.69) is 20.5 Å². The molecule has 34 heavy (non-hydrogen) atoms. The molecule has 10 nitrogen and oxygen atoms in total. The molecule has 1 aliphatic rings. The highest BCUT2D eigenvalue weighted by Crippen LogP contribution is 2.44. The van der Waals surface area contributed by atoms with Crippen LogP contribution in [0.2, 0.25) is 0 Å². The molecule has 2 amide bonds. The van der Waals surface area contributed by atoms with Crippen molar-refractivity contribution in [3.8, 4) is 11.1 Å². The number of aromatic nitrogens is 3. The minimum Gasteiger partial charge on any atom is -0.480 e. The maximum atomic E-state index is 12.7. The normalized spacial score (nSPS) is 13.0. The zero-order chi connectivity index (χ0) is 24.2. The van der Waals surface area contributed by atoms with E-state index in [9.17, 15) is 14.4 Å². The quantitative estimate of drug-likeness (QED) is 0.465. The third-order valence-electron chi connectivity index (χ3n) is 5.93. The molecular weight excluding hydrogens is 438 g/mol. The van der Waals surface area contributed by atoms with Crippen molar-refractivity contribution in [2.45, 2.75) is 32.2 Å². The van der Waals surface area contributed by atoms with Crippen LogP contribution >= 0.6 is 0 Å². The maximum Gasteiger partial charge on any atom is 0.414 e. The number of H-pyrrole nitrogens is 1. The average Bonchev–Trinajstić information content (AvgIpc) is 3.43. The highest BCUT2D eigenvalue weighted by Gasteiger charge is 2.29. The third-order valence-corrected chi connectivity index (χ3v) is 5.93. The van der Waals surface area contributed by atoms with Gasteiger partial charge in [-0.3, -0.25) is 20.0 Å². The van der Waals surface area contributed by atoms with Crippen LogP contribution < -0.4 is 5.32 Å². The zero-order valence-electron chi connectivity index (χ0n) is 18.8. The van der Waals surface area contributed by atoms with Crippen LogP contribution in [0.3, 0.4) is 0 Å². The first-order chi connectivity index (χ1) is 16.4. The topological polar surface area (TPSA) is 138 Å². The van der Waals surface area contributed by atoms with E-state index in [1.807, 2.05) is 55.5 Å². The van der Waals surface area contributed by atoms with Gasteiger partial charge in [-0.1, -0.05) is 55.5 Å². The van der Waals surface area contributed by atoms with Gasteiger partial charge < -0.3 is 14.7 Å². The van der Waals surface area contributed by atoms with Crippen LogP contribution in [0.15, 0.2) is 48.5 Å². The summed E-state index contributed by atoms with van der Waals surface area (Å²) in [6.07, 6.45) is -0.193. The van der Waals surface area contributed by atoms with Crippen molar-refractivity contribution in [1.29, 1.82) is 0 Å². The Morgan fingerprint density at radius 2 is 1.74 bits per heavy atom. The number of ether oxygens (including phenoxy) is 1.